The van der Waals surface area contributed by atoms with Crippen molar-refractivity contribution in [2.24, 2.45) is 5.92 Å². The van der Waals surface area contributed by atoms with Crippen LogP contribution in [0.3, 0.4) is 0 Å². The number of benzene rings is 2. The monoisotopic (exact) mass is 469 g/mol. The Morgan fingerprint density at radius 3 is 2.23 bits per heavy atom. The molecule has 35 heavy (non-hydrogen) atoms. The van der Waals surface area contributed by atoms with Gasteiger partial charge in [-0.05, 0) is 80.1 Å². The molecule has 1 saturated heterocycles. The number of nitrogens with zero attached hydrogens (tertiary/aromatic N) is 2. The summed E-state index contributed by atoms with van der Waals surface area (Å²) in [6, 6.07) is 24.0. The van der Waals surface area contributed by atoms with Crippen molar-refractivity contribution in [1.29, 1.82) is 0 Å². The second kappa shape index (κ2) is 12.4. The second-order valence-corrected chi connectivity index (χ2v) is 9.23. The fourth-order valence-electron chi connectivity index (χ4n) is 4.97. The van der Waals surface area contributed by atoms with Crippen molar-refractivity contribution in [3.8, 4) is 0 Å². The van der Waals surface area contributed by atoms with Gasteiger partial charge in [-0.1, -0.05) is 66.7 Å². The van der Waals surface area contributed by atoms with Crippen LogP contribution in [0.5, 0.6) is 0 Å². The molecule has 182 valence electrons. The van der Waals surface area contributed by atoms with Crippen LogP contribution in [0.2, 0.25) is 0 Å². The zero-order valence-corrected chi connectivity index (χ0v) is 20.2. The summed E-state index contributed by atoms with van der Waals surface area (Å²) in [6.45, 7) is 3.65. The third-order valence-electron chi connectivity index (χ3n) is 6.92. The molecule has 3 aromatic rings. The van der Waals surface area contributed by atoms with E-state index in [0.29, 0.717) is 6.54 Å². The lowest BCUT2D eigenvalue weighted by atomic mass is 9.72. The number of rotatable bonds is 10. The van der Waals surface area contributed by atoms with Crippen molar-refractivity contribution in [1.82, 2.24) is 15.2 Å². The van der Waals surface area contributed by atoms with E-state index in [1.54, 1.807) is 24.5 Å². The van der Waals surface area contributed by atoms with Crippen molar-refractivity contribution in [3.05, 3.63) is 108 Å². The predicted octanol–water partition coefficient (Wildman–Crippen LogP) is 4.64. The molecule has 0 spiro atoms. The third kappa shape index (κ3) is 6.65. The van der Waals surface area contributed by atoms with E-state index in [0.717, 1.165) is 62.0 Å². The molecule has 0 bridgehead atoms. The van der Waals surface area contributed by atoms with Crippen molar-refractivity contribution in [2.75, 3.05) is 26.2 Å². The van der Waals surface area contributed by atoms with Crippen molar-refractivity contribution in [3.63, 3.8) is 0 Å². The van der Waals surface area contributed by atoms with Gasteiger partial charge >= 0.3 is 0 Å². The van der Waals surface area contributed by atoms with E-state index in [1.807, 2.05) is 72.8 Å². The first-order valence-corrected chi connectivity index (χ1v) is 12.6. The Hall–Kier alpha value is -3.28. The highest BCUT2D eigenvalue weighted by Gasteiger charge is 2.41. The molecule has 0 aliphatic carbocycles. The van der Waals surface area contributed by atoms with E-state index in [2.05, 4.69) is 15.2 Å². The van der Waals surface area contributed by atoms with Crippen molar-refractivity contribution in [2.45, 2.75) is 31.3 Å². The summed E-state index contributed by atoms with van der Waals surface area (Å²) >= 11 is 0. The average molecular weight is 470 g/mol. The fraction of sp³-hybridized carbons (Fsp3) is 0.333. The van der Waals surface area contributed by atoms with Gasteiger partial charge in [0.1, 0.15) is 5.60 Å². The van der Waals surface area contributed by atoms with Gasteiger partial charge in [0.25, 0.3) is 0 Å². The molecule has 4 rings (SSSR count). The molecule has 1 amide bonds. The topological polar surface area (TPSA) is 65.5 Å². The van der Waals surface area contributed by atoms with Gasteiger partial charge in [0.15, 0.2) is 0 Å². The minimum atomic E-state index is -0.970. The Bertz CT molecular complexity index is 1020. The van der Waals surface area contributed by atoms with Gasteiger partial charge in [-0.2, -0.15) is 0 Å². The van der Waals surface area contributed by atoms with Crippen LogP contribution in [-0.2, 0) is 10.4 Å². The molecule has 1 fully saturated rings. The molecule has 2 heterocycles. The molecular formula is C30H35N3O2. The Kier molecular flexibility index (Phi) is 8.82. The lowest BCUT2D eigenvalue weighted by molar-refractivity contribution is -0.116. The number of carbonyl (C=O) groups excluding carboxylic acids is 1. The third-order valence-corrected chi connectivity index (χ3v) is 6.92. The maximum Gasteiger partial charge on any atom is 0.243 e. The van der Waals surface area contributed by atoms with Crippen LogP contribution in [0.15, 0.2) is 91.3 Å². The van der Waals surface area contributed by atoms with E-state index in [4.69, 9.17) is 0 Å². The Morgan fingerprint density at radius 2 is 1.63 bits per heavy atom. The summed E-state index contributed by atoms with van der Waals surface area (Å²) in [5, 5.41) is 15.0. The Morgan fingerprint density at radius 1 is 0.971 bits per heavy atom. The Labute approximate surface area is 208 Å². The Balaban J connectivity index is 1.22. The van der Waals surface area contributed by atoms with E-state index in [1.165, 1.54) is 0 Å². The standard InChI is InChI=1S/C30H35N3O2/c34-29(16-15-25-10-9-19-31-24-25)32-20-7-8-21-33-22-17-28(18-23-33)30(35,26-11-3-1-4-12-26)27-13-5-2-6-14-27/h1-6,9-16,19,24,28,35H,7-8,17-18,20-23H2,(H,32,34)/b16-15+. The second-order valence-electron chi connectivity index (χ2n) is 9.23. The van der Waals surface area contributed by atoms with Crippen LogP contribution < -0.4 is 5.32 Å². The molecule has 1 aliphatic rings. The molecule has 0 atom stereocenters. The number of amides is 1. The number of hydrogen-bond donors (Lipinski definition) is 2. The number of nitrogens with one attached hydrogen (secondary N) is 1. The lowest BCUT2D eigenvalue weighted by Gasteiger charge is -2.42. The maximum absolute atomic E-state index is 12.0. The SMILES string of the molecule is O=C(/C=C/c1cccnc1)NCCCCN1CCC(C(O)(c2ccccc2)c2ccccc2)CC1. The minimum Gasteiger partial charge on any atom is -0.380 e. The molecule has 0 saturated carbocycles. The van der Waals surface area contributed by atoms with Crippen molar-refractivity contribution >= 4 is 12.0 Å². The lowest BCUT2D eigenvalue weighted by Crippen LogP contribution is -2.44. The van der Waals surface area contributed by atoms with Crippen LogP contribution in [-0.4, -0.2) is 47.1 Å². The largest absolute Gasteiger partial charge is 0.380 e. The smallest absolute Gasteiger partial charge is 0.243 e. The van der Waals surface area contributed by atoms with Crippen LogP contribution >= 0.6 is 0 Å². The van der Waals surface area contributed by atoms with Crippen LogP contribution in [0, 0.1) is 5.92 Å². The normalized spacial score (nSPS) is 15.3. The minimum absolute atomic E-state index is 0.0734. The van der Waals surface area contributed by atoms with E-state index >= 15 is 0 Å². The number of aromatic nitrogens is 1. The molecule has 2 N–H and O–H groups in total. The van der Waals surface area contributed by atoms with Gasteiger partial charge in [-0.15, -0.1) is 0 Å². The number of aliphatic hydroxyl groups is 1. The molecular weight excluding hydrogens is 434 g/mol. The van der Waals surface area contributed by atoms with Gasteiger partial charge in [0.2, 0.25) is 5.91 Å². The number of carbonyl (C=O) groups is 1. The van der Waals surface area contributed by atoms with E-state index < -0.39 is 5.60 Å². The van der Waals surface area contributed by atoms with Gasteiger partial charge in [0.05, 0.1) is 0 Å². The molecule has 0 radical (unpaired) electrons. The zero-order valence-electron chi connectivity index (χ0n) is 20.2. The molecule has 5 heteroatoms. The average Bonchev–Trinajstić information content (AvgIpc) is 2.93. The molecule has 0 unspecified atom stereocenters. The molecule has 1 aromatic heterocycles. The number of pyridine rings is 1. The van der Waals surface area contributed by atoms with Gasteiger partial charge in [-0.3, -0.25) is 9.78 Å². The van der Waals surface area contributed by atoms with Crippen LogP contribution in [0.1, 0.15) is 42.4 Å². The maximum atomic E-state index is 12.0. The summed E-state index contributed by atoms with van der Waals surface area (Å²) in [5.74, 6) is 0.102. The van der Waals surface area contributed by atoms with E-state index in [9.17, 15) is 9.90 Å². The molecule has 5 nitrogen and oxygen atoms in total. The molecule has 1 aliphatic heterocycles. The van der Waals surface area contributed by atoms with Gasteiger partial charge in [-0.25, -0.2) is 0 Å². The molecule has 2 aromatic carbocycles. The first-order valence-electron chi connectivity index (χ1n) is 12.6. The van der Waals surface area contributed by atoms with Crippen LogP contribution in [0.4, 0.5) is 0 Å². The predicted molar refractivity (Wildman–Crippen MR) is 141 cm³/mol. The van der Waals surface area contributed by atoms with Crippen molar-refractivity contribution < 1.29 is 9.90 Å². The number of hydrogen-bond acceptors (Lipinski definition) is 4. The summed E-state index contributed by atoms with van der Waals surface area (Å²) in [7, 11) is 0. The number of likely N-dealkylation sites (tertiary alicyclic amines) is 1. The van der Waals surface area contributed by atoms with Gasteiger partial charge < -0.3 is 15.3 Å². The number of piperidine rings is 1. The fourth-order valence-corrected chi connectivity index (χ4v) is 4.97. The highest BCUT2D eigenvalue weighted by Crippen LogP contribution is 2.41. The quantitative estimate of drug-likeness (QED) is 0.335. The highest BCUT2D eigenvalue weighted by molar-refractivity contribution is 5.91. The highest BCUT2D eigenvalue weighted by atomic mass is 16.3. The summed E-state index contributed by atoms with van der Waals surface area (Å²) in [6.07, 6.45) is 10.7. The zero-order chi connectivity index (χ0) is 24.3. The van der Waals surface area contributed by atoms with Crippen LogP contribution in [0.25, 0.3) is 6.08 Å². The first-order chi connectivity index (χ1) is 17.2. The first kappa shape index (κ1) is 24.8. The van der Waals surface area contributed by atoms with Gasteiger partial charge in [0, 0.05) is 25.0 Å². The summed E-state index contributed by atoms with van der Waals surface area (Å²) in [4.78, 5) is 18.5. The van der Waals surface area contributed by atoms with E-state index in [-0.39, 0.29) is 11.8 Å². The summed E-state index contributed by atoms with van der Waals surface area (Å²) < 4.78 is 0. The number of unbranched alkanes of at least 4 members (excludes halogenated alkanes) is 1. The summed E-state index contributed by atoms with van der Waals surface area (Å²) in [5.41, 5.74) is 1.88.